The second kappa shape index (κ2) is 20.2. The van der Waals surface area contributed by atoms with Crippen molar-refractivity contribution in [3.63, 3.8) is 0 Å². The van der Waals surface area contributed by atoms with E-state index in [1.54, 1.807) is 0 Å². The van der Waals surface area contributed by atoms with E-state index >= 15 is 0 Å². The molecule has 0 spiro atoms. The van der Waals surface area contributed by atoms with Gasteiger partial charge in [-0.2, -0.15) is 0 Å². The van der Waals surface area contributed by atoms with Gasteiger partial charge in [-0.1, -0.05) is 115 Å². The number of hydrogen-bond donors (Lipinski definition) is 0. The summed E-state index contributed by atoms with van der Waals surface area (Å²) in [5.41, 5.74) is 0. The van der Waals surface area contributed by atoms with E-state index in [2.05, 4.69) is 22.2 Å². The average molecular weight is 311 g/mol. The molecule has 0 aliphatic heterocycles. The highest BCUT2D eigenvalue weighted by molar-refractivity contribution is 7.20. The minimum absolute atomic E-state index is 1.21. The van der Waals surface area contributed by atoms with Crippen molar-refractivity contribution in [2.45, 2.75) is 116 Å². The lowest BCUT2D eigenvalue weighted by Gasteiger charge is -2.03. The zero-order valence-corrected chi connectivity index (χ0v) is 15.5. The number of hydrogen-bond acceptors (Lipinski definition) is 0. The molecule has 0 aromatic rings. The molecule has 2 radical (unpaired) electrons. The van der Waals surface area contributed by atoms with Crippen molar-refractivity contribution in [1.82, 2.24) is 0 Å². The van der Waals surface area contributed by atoms with Crippen LogP contribution in [0.5, 0.6) is 0 Å². The monoisotopic (exact) mass is 310 g/mol. The zero-order valence-electron chi connectivity index (χ0n) is 14.6. The van der Waals surface area contributed by atoms with E-state index in [4.69, 9.17) is 0 Å². The van der Waals surface area contributed by atoms with Crippen LogP contribution in [0, 0.1) is 0 Å². The minimum Gasteiger partial charge on any atom is -0.0834 e. The lowest BCUT2D eigenvalue weighted by molar-refractivity contribution is 0.530. The third-order valence-corrected chi connectivity index (χ3v) is 4.54. The van der Waals surface area contributed by atoms with Crippen LogP contribution in [0.15, 0.2) is 11.9 Å². The maximum atomic E-state index is 4.07. The lowest BCUT2D eigenvalue weighted by Crippen LogP contribution is -1.83. The third-order valence-electron chi connectivity index (χ3n) is 4.33. The van der Waals surface area contributed by atoms with E-state index in [-0.39, 0.29) is 0 Å². The molecule has 0 N–H and O–H groups in total. The van der Waals surface area contributed by atoms with Gasteiger partial charge in [0.1, 0.15) is 0 Å². The summed E-state index contributed by atoms with van der Waals surface area (Å²) in [6.45, 7) is 2.29. The van der Waals surface area contributed by atoms with Gasteiger partial charge in [0.15, 0.2) is 0 Å². The molecule has 0 atom stereocenters. The summed E-state index contributed by atoms with van der Waals surface area (Å²) >= 11 is 0. The Morgan fingerprint density at radius 1 is 0.524 bits per heavy atom. The second-order valence-corrected chi connectivity index (χ2v) is 6.77. The van der Waals surface area contributed by atoms with E-state index in [0.717, 1.165) is 0 Å². The van der Waals surface area contributed by atoms with E-state index in [1.165, 1.54) is 109 Å². The van der Waals surface area contributed by atoms with Crippen LogP contribution in [-0.2, 0) is 0 Å². The summed E-state index contributed by atoms with van der Waals surface area (Å²) in [6, 6.07) is 0. The Labute approximate surface area is 137 Å². The largest absolute Gasteiger partial charge is 0.0834 e. The maximum Gasteiger partial charge on any atom is -0.0146 e. The Hall–Kier alpha value is 0.170. The molecule has 0 saturated heterocycles. The van der Waals surface area contributed by atoms with Crippen molar-refractivity contribution in [3.8, 4) is 0 Å². The zero-order chi connectivity index (χ0) is 15.4. The van der Waals surface area contributed by atoms with Gasteiger partial charge < -0.3 is 0 Å². The third kappa shape index (κ3) is 20.2. The van der Waals surface area contributed by atoms with Crippen LogP contribution < -0.4 is 0 Å². The van der Waals surface area contributed by atoms with E-state index in [9.17, 15) is 0 Å². The normalized spacial score (nSPS) is 11.5. The van der Waals surface area contributed by atoms with E-state index < -0.39 is 0 Å². The summed E-state index contributed by atoms with van der Waals surface area (Å²) in [5.74, 6) is 1.87. The van der Waals surface area contributed by atoms with E-state index in [0.29, 0.717) is 0 Å². The van der Waals surface area contributed by atoms with Crippen molar-refractivity contribution >= 4 is 9.24 Å². The second-order valence-electron chi connectivity index (χ2n) is 6.48. The van der Waals surface area contributed by atoms with Crippen LogP contribution in [0.2, 0.25) is 0 Å². The Kier molecular flexibility index (Phi) is 20.3. The Balaban J connectivity index is 2.93. The van der Waals surface area contributed by atoms with Gasteiger partial charge >= 0.3 is 0 Å². The molecule has 0 fully saturated rings. The van der Waals surface area contributed by atoms with Crippen LogP contribution in [0.4, 0.5) is 0 Å². The molecule has 0 nitrogen and oxygen atoms in total. The van der Waals surface area contributed by atoms with Gasteiger partial charge in [0.05, 0.1) is 0 Å². The van der Waals surface area contributed by atoms with Gasteiger partial charge in [0, 0.05) is 0 Å². The first kappa shape index (κ1) is 21.2. The molecular formula is C20H39P. The fourth-order valence-corrected chi connectivity index (χ4v) is 3.03. The van der Waals surface area contributed by atoms with Crippen molar-refractivity contribution in [3.05, 3.63) is 11.9 Å². The van der Waals surface area contributed by atoms with Crippen LogP contribution >= 0.6 is 9.24 Å². The Morgan fingerprint density at radius 2 is 0.857 bits per heavy atom. The van der Waals surface area contributed by atoms with Gasteiger partial charge in [-0.05, 0) is 22.1 Å². The molecular weight excluding hydrogens is 271 g/mol. The first-order chi connectivity index (χ1) is 10.4. The highest BCUT2D eigenvalue weighted by atomic mass is 31.0. The summed E-state index contributed by atoms with van der Waals surface area (Å²) in [6.07, 6.45) is 26.5. The van der Waals surface area contributed by atoms with Gasteiger partial charge in [0.25, 0.3) is 0 Å². The molecule has 0 amide bonds. The van der Waals surface area contributed by atoms with Crippen molar-refractivity contribution in [2.24, 2.45) is 0 Å². The molecule has 0 rings (SSSR count). The molecule has 0 bridgehead atoms. The molecule has 0 aromatic heterocycles. The number of unbranched alkanes of at least 4 members (excludes halogenated alkanes) is 16. The quantitative estimate of drug-likeness (QED) is 0.186. The molecule has 0 heterocycles. The smallest absolute Gasteiger partial charge is 0.0146 e. The van der Waals surface area contributed by atoms with Crippen LogP contribution in [0.1, 0.15) is 116 Å². The Bertz CT molecular complexity index is 198. The predicted octanol–water partition coefficient (Wildman–Crippen LogP) is 8.56. The van der Waals surface area contributed by atoms with Gasteiger partial charge in [-0.15, -0.1) is 0 Å². The number of allylic oxidation sites excluding steroid dienone is 1. The molecule has 0 unspecified atom stereocenters. The minimum atomic E-state index is 1.21. The SMILES string of the molecule is CCCCCCCCCCCCCCCCCCC=C[P]. The standard InChI is InChI=1S/C20H39P/c1-2-3-4-5-6-7-8-9-10-11-12-13-14-15-16-17-18-19-20-21/h19-20H,2-18H2,1H3. The van der Waals surface area contributed by atoms with Gasteiger partial charge in [-0.3, -0.25) is 0 Å². The average Bonchev–Trinajstić information content (AvgIpc) is 2.50. The molecule has 124 valence electrons. The summed E-state index contributed by atoms with van der Waals surface area (Å²) < 4.78 is 0. The fourth-order valence-electron chi connectivity index (χ4n) is 2.88. The van der Waals surface area contributed by atoms with Crippen molar-refractivity contribution in [2.75, 3.05) is 0 Å². The van der Waals surface area contributed by atoms with Crippen LogP contribution in [0.3, 0.4) is 0 Å². The van der Waals surface area contributed by atoms with Gasteiger partial charge in [0.2, 0.25) is 0 Å². The lowest BCUT2D eigenvalue weighted by atomic mass is 10.0. The fraction of sp³-hybridized carbons (Fsp3) is 0.900. The first-order valence-electron chi connectivity index (χ1n) is 9.71. The summed E-state index contributed by atoms with van der Waals surface area (Å²) in [5, 5.41) is 0. The van der Waals surface area contributed by atoms with Crippen molar-refractivity contribution in [1.29, 1.82) is 0 Å². The molecule has 0 saturated carbocycles. The number of rotatable bonds is 17. The Morgan fingerprint density at radius 3 is 1.19 bits per heavy atom. The molecule has 0 aliphatic carbocycles. The predicted molar refractivity (Wildman–Crippen MR) is 100 cm³/mol. The first-order valence-corrected chi connectivity index (χ1v) is 10.2. The topological polar surface area (TPSA) is 0 Å². The molecule has 1 heteroatoms. The summed E-state index contributed by atoms with van der Waals surface area (Å²) in [4.78, 5) is 0. The van der Waals surface area contributed by atoms with E-state index in [1.807, 2.05) is 5.82 Å². The van der Waals surface area contributed by atoms with Gasteiger partial charge in [-0.25, -0.2) is 0 Å². The molecule has 0 aromatic carbocycles. The summed E-state index contributed by atoms with van der Waals surface area (Å²) in [7, 11) is 4.07. The van der Waals surface area contributed by atoms with Crippen LogP contribution in [-0.4, -0.2) is 0 Å². The maximum absolute atomic E-state index is 4.07. The highest BCUT2D eigenvalue weighted by Crippen LogP contribution is 2.14. The highest BCUT2D eigenvalue weighted by Gasteiger charge is 1.94. The van der Waals surface area contributed by atoms with Crippen LogP contribution in [0.25, 0.3) is 0 Å². The molecule has 21 heavy (non-hydrogen) atoms. The van der Waals surface area contributed by atoms with Crippen molar-refractivity contribution < 1.29 is 0 Å². The molecule has 0 aliphatic rings.